The van der Waals surface area contributed by atoms with E-state index in [1.807, 2.05) is 0 Å². The molecule has 0 aromatic heterocycles. The van der Waals surface area contributed by atoms with Gasteiger partial charge in [0.25, 0.3) is 0 Å². The molecule has 0 aliphatic rings. The van der Waals surface area contributed by atoms with Crippen molar-refractivity contribution in [3.63, 3.8) is 0 Å². The maximum atomic E-state index is 10.9. The first-order chi connectivity index (χ1) is 13.6. The molecule has 174 valence electrons. The van der Waals surface area contributed by atoms with E-state index in [-0.39, 0.29) is 16.9 Å². The Balaban J connectivity index is 2.84. The van der Waals surface area contributed by atoms with E-state index >= 15 is 0 Å². The van der Waals surface area contributed by atoms with Gasteiger partial charge in [0, 0.05) is 12.1 Å². The molecular formula is C27H50N2O. The van der Waals surface area contributed by atoms with Crippen LogP contribution in [0.1, 0.15) is 118 Å². The fourth-order valence-electron chi connectivity index (χ4n) is 4.00. The average molecular weight is 419 g/mol. The quantitative estimate of drug-likeness (QED) is 0.391. The summed E-state index contributed by atoms with van der Waals surface area (Å²) in [6.45, 7) is 23.0. The zero-order chi connectivity index (χ0) is 23.3. The van der Waals surface area contributed by atoms with Gasteiger partial charge < -0.3 is 16.2 Å². The molecule has 0 saturated heterocycles. The van der Waals surface area contributed by atoms with Crippen LogP contribution in [-0.4, -0.2) is 17.7 Å². The minimum Gasteiger partial charge on any atom is -0.507 e. The van der Waals surface area contributed by atoms with Gasteiger partial charge in [-0.15, -0.1) is 0 Å². The maximum absolute atomic E-state index is 10.9. The Morgan fingerprint density at radius 3 is 1.83 bits per heavy atom. The van der Waals surface area contributed by atoms with Gasteiger partial charge in [-0.1, -0.05) is 87.3 Å². The normalized spacial score (nSPS) is 16.0. The molecule has 4 N–H and O–H groups in total. The van der Waals surface area contributed by atoms with Crippen LogP contribution < -0.4 is 11.1 Å². The van der Waals surface area contributed by atoms with Gasteiger partial charge in [0.15, 0.2) is 0 Å². The third-order valence-corrected chi connectivity index (χ3v) is 6.07. The fourth-order valence-corrected chi connectivity index (χ4v) is 4.00. The lowest BCUT2D eigenvalue weighted by Crippen LogP contribution is -2.31. The summed E-state index contributed by atoms with van der Waals surface area (Å²) in [7, 11) is 0. The second-order valence-corrected chi connectivity index (χ2v) is 12.0. The highest BCUT2D eigenvalue weighted by atomic mass is 16.3. The van der Waals surface area contributed by atoms with Crippen LogP contribution in [0.4, 0.5) is 0 Å². The highest BCUT2D eigenvalue weighted by Crippen LogP contribution is 2.41. The lowest BCUT2D eigenvalue weighted by atomic mass is 9.77. The molecule has 0 heterocycles. The van der Waals surface area contributed by atoms with Crippen LogP contribution >= 0.6 is 0 Å². The summed E-state index contributed by atoms with van der Waals surface area (Å²) in [6, 6.07) is 4.78. The van der Waals surface area contributed by atoms with Crippen molar-refractivity contribution < 1.29 is 5.11 Å². The number of aromatic hydroxyl groups is 1. The number of nitrogens with two attached hydrogens (primary N) is 1. The number of benzene rings is 1. The van der Waals surface area contributed by atoms with Gasteiger partial charge in [-0.3, -0.25) is 0 Å². The number of hydrogen-bond donors (Lipinski definition) is 3. The molecule has 3 heteroatoms. The van der Waals surface area contributed by atoms with Crippen molar-refractivity contribution in [3.8, 4) is 5.75 Å². The third-order valence-electron chi connectivity index (χ3n) is 6.07. The van der Waals surface area contributed by atoms with Gasteiger partial charge in [0.1, 0.15) is 5.75 Å². The topological polar surface area (TPSA) is 58.3 Å². The molecular weight excluding hydrogens is 368 g/mol. The molecule has 30 heavy (non-hydrogen) atoms. The minimum atomic E-state index is -0.127. The van der Waals surface area contributed by atoms with Crippen molar-refractivity contribution in [2.24, 2.45) is 17.6 Å². The average Bonchev–Trinajstić information content (AvgIpc) is 2.57. The summed E-state index contributed by atoms with van der Waals surface area (Å²) in [6.07, 6.45) is 4.76. The fraction of sp³-hybridized carbons (Fsp3) is 0.778. The summed E-state index contributed by atoms with van der Waals surface area (Å²) in [4.78, 5) is 0. The number of nitrogens with one attached hydrogen (secondary N) is 1. The number of hydrogen-bond acceptors (Lipinski definition) is 3. The van der Waals surface area contributed by atoms with Gasteiger partial charge in [-0.2, -0.15) is 0 Å². The van der Waals surface area contributed by atoms with E-state index in [1.165, 1.54) is 19.3 Å². The van der Waals surface area contributed by atoms with Crippen LogP contribution in [0.2, 0.25) is 0 Å². The molecule has 0 aliphatic carbocycles. The first kappa shape index (κ1) is 27.0. The molecule has 3 unspecified atom stereocenters. The summed E-state index contributed by atoms with van der Waals surface area (Å²) in [5, 5.41) is 14.6. The Labute approximate surface area is 187 Å². The Bertz CT molecular complexity index is 617. The molecule has 0 spiro atoms. The number of phenols is 1. The van der Waals surface area contributed by atoms with Crippen molar-refractivity contribution >= 4 is 0 Å². The molecule has 0 radical (unpaired) electrons. The SMILES string of the molecule is CC(C)CCCC(C)NCC(C)CC(N)c1cc(C(C)(C)C)c(O)c(C(C)(C)C)c1. The van der Waals surface area contributed by atoms with Crippen LogP contribution in [-0.2, 0) is 10.8 Å². The van der Waals surface area contributed by atoms with Crippen LogP contribution in [0.15, 0.2) is 12.1 Å². The van der Waals surface area contributed by atoms with Gasteiger partial charge >= 0.3 is 0 Å². The predicted molar refractivity (Wildman–Crippen MR) is 132 cm³/mol. The molecule has 0 aliphatic heterocycles. The molecule has 3 atom stereocenters. The van der Waals surface area contributed by atoms with E-state index in [0.29, 0.717) is 17.7 Å². The van der Waals surface area contributed by atoms with E-state index in [4.69, 9.17) is 5.73 Å². The van der Waals surface area contributed by atoms with Crippen molar-refractivity contribution in [3.05, 3.63) is 28.8 Å². The Hall–Kier alpha value is -1.06. The largest absolute Gasteiger partial charge is 0.507 e. The second kappa shape index (κ2) is 11.0. The van der Waals surface area contributed by atoms with E-state index in [2.05, 4.69) is 86.7 Å². The van der Waals surface area contributed by atoms with Gasteiger partial charge in [-0.05, 0) is 65.7 Å². The summed E-state index contributed by atoms with van der Waals surface area (Å²) in [5.74, 6) is 1.71. The van der Waals surface area contributed by atoms with E-state index in [1.54, 1.807) is 0 Å². The Morgan fingerprint density at radius 2 is 1.40 bits per heavy atom. The molecule has 1 aromatic rings. The highest BCUT2D eigenvalue weighted by Gasteiger charge is 2.27. The maximum Gasteiger partial charge on any atom is 0.123 e. The highest BCUT2D eigenvalue weighted by molar-refractivity contribution is 5.50. The van der Waals surface area contributed by atoms with Gasteiger partial charge in [0.2, 0.25) is 0 Å². The first-order valence-corrected chi connectivity index (χ1v) is 12.0. The van der Waals surface area contributed by atoms with Crippen molar-refractivity contribution in [2.75, 3.05) is 6.54 Å². The van der Waals surface area contributed by atoms with Crippen LogP contribution in [0.3, 0.4) is 0 Å². The first-order valence-electron chi connectivity index (χ1n) is 12.0. The van der Waals surface area contributed by atoms with E-state index in [9.17, 15) is 5.11 Å². The van der Waals surface area contributed by atoms with Crippen molar-refractivity contribution in [1.82, 2.24) is 5.32 Å². The van der Waals surface area contributed by atoms with Gasteiger partial charge in [0.05, 0.1) is 0 Å². The van der Waals surface area contributed by atoms with E-state index < -0.39 is 0 Å². The zero-order valence-corrected chi connectivity index (χ0v) is 21.5. The minimum absolute atomic E-state index is 0.0270. The third kappa shape index (κ3) is 8.59. The lowest BCUT2D eigenvalue weighted by Gasteiger charge is -2.30. The molecule has 0 amide bonds. The standard InChI is InChI=1S/C27H50N2O/c1-18(2)12-11-13-20(4)29-17-19(3)14-24(28)21-15-22(26(5,6)7)25(30)23(16-21)27(8,9)10/h15-16,18-20,24,29-30H,11-14,17,28H2,1-10H3. The summed E-state index contributed by atoms with van der Waals surface area (Å²) < 4.78 is 0. The monoisotopic (exact) mass is 418 g/mol. The van der Waals surface area contributed by atoms with Crippen LogP contribution in [0, 0.1) is 11.8 Å². The van der Waals surface area contributed by atoms with Crippen LogP contribution in [0.25, 0.3) is 0 Å². The molecule has 0 fully saturated rings. The molecule has 3 nitrogen and oxygen atoms in total. The Morgan fingerprint density at radius 1 is 0.900 bits per heavy atom. The predicted octanol–water partition coefficient (Wildman–Crippen LogP) is 6.82. The molecule has 1 rings (SSSR count). The summed E-state index contributed by atoms with van der Waals surface area (Å²) >= 11 is 0. The van der Waals surface area contributed by atoms with Gasteiger partial charge in [-0.25, -0.2) is 0 Å². The second-order valence-electron chi connectivity index (χ2n) is 12.0. The van der Waals surface area contributed by atoms with E-state index in [0.717, 1.165) is 35.6 Å². The van der Waals surface area contributed by atoms with Crippen molar-refractivity contribution in [1.29, 1.82) is 0 Å². The number of rotatable bonds is 10. The lowest BCUT2D eigenvalue weighted by molar-refractivity contribution is 0.391. The van der Waals surface area contributed by atoms with Crippen LogP contribution in [0.5, 0.6) is 5.75 Å². The summed E-state index contributed by atoms with van der Waals surface area (Å²) in [5.41, 5.74) is 9.55. The zero-order valence-electron chi connectivity index (χ0n) is 21.5. The molecule has 0 saturated carbocycles. The number of phenolic OH excluding ortho intramolecular Hbond substituents is 1. The molecule has 1 aromatic carbocycles. The van der Waals surface area contributed by atoms with Crippen molar-refractivity contribution in [2.45, 2.75) is 118 Å². The Kier molecular flexibility index (Phi) is 9.89. The smallest absolute Gasteiger partial charge is 0.123 e. The molecule has 0 bridgehead atoms.